The molecular weight excluding hydrogens is 386 g/mol. The minimum Gasteiger partial charge on any atom is -0.492 e. The molecule has 2 saturated carbocycles. The van der Waals surface area contributed by atoms with Crippen molar-refractivity contribution in [3.05, 3.63) is 24.3 Å². The fraction of sp³-hybridized carbons (Fsp3) is 0.619. The molecule has 1 heterocycles. The van der Waals surface area contributed by atoms with Gasteiger partial charge in [0.1, 0.15) is 11.4 Å². The molecule has 5 unspecified atom stereocenters. The number of amides is 1. The normalized spacial score (nSPS) is 25.0. The molecule has 0 spiro atoms. The van der Waals surface area contributed by atoms with E-state index in [0.29, 0.717) is 23.4 Å². The summed E-state index contributed by atoms with van der Waals surface area (Å²) in [6.45, 7) is 6.56. The molecule has 2 aromatic rings. The molecule has 0 radical (unpaired) electrons. The zero-order valence-corrected chi connectivity index (χ0v) is 18.1. The van der Waals surface area contributed by atoms with Crippen molar-refractivity contribution in [2.75, 3.05) is 6.61 Å². The summed E-state index contributed by atoms with van der Waals surface area (Å²) in [7, 11) is 0. The van der Waals surface area contributed by atoms with Gasteiger partial charge in [-0.3, -0.25) is 4.79 Å². The molecule has 2 fully saturated rings. The predicted octanol–water partition coefficient (Wildman–Crippen LogP) is 3.48. The summed E-state index contributed by atoms with van der Waals surface area (Å²) in [6, 6.07) is 7.85. The first-order chi connectivity index (χ1) is 14.1. The molecule has 0 saturated heterocycles. The Labute approximate surface area is 176 Å². The van der Waals surface area contributed by atoms with E-state index in [1.54, 1.807) is 4.68 Å². The molecule has 2 bridgehead atoms. The van der Waals surface area contributed by atoms with Crippen LogP contribution >= 0.6 is 11.8 Å². The van der Waals surface area contributed by atoms with Crippen LogP contribution in [0.5, 0.6) is 5.75 Å². The van der Waals surface area contributed by atoms with Crippen LogP contribution in [-0.4, -0.2) is 44.0 Å². The van der Waals surface area contributed by atoms with Crippen molar-refractivity contribution in [3.8, 4) is 11.4 Å². The van der Waals surface area contributed by atoms with Crippen LogP contribution in [0.25, 0.3) is 5.69 Å². The summed E-state index contributed by atoms with van der Waals surface area (Å²) in [5, 5.41) is 15.6. The Balaban J connectivity index is 1.41. The molecule has 7 nitrogen and oxygen atoms in total. The number of nitrogens with one attached hydrogen (secondary N) is 1. The second-order valence-electron chi connectivity index (χ2n) is 8.17. The third-order valence-corrected chi connectivity index (χ3v) is 7.32. The molecule has 5 atom stereocenters. The highest BCUT2D eigenvalue weighted by Gasteiger charge is 2.42. The molecule has 2 aliphatic carbocycles. The number of carbonyl (C=O) groups excluding carboxylic acids is 1. The van der Waals surface area contributed by atoms with E-state index in [9.17, 15) is 4.79 Å². The van der Waals surface area contributed by atoms with Gasteiger partial charge in [0.15, 0.2) is 0 Å². The van der Waals surface area contributed by atoms with Crippen molar-refractivity contribution in [3.63, 3.8) is 0 Å². The summed E-state index contributed by atoms with van der Waals surface area (Å²) >= 11 is 1.37. The molecule has 29 heavy (non-hydrogen) atoms. The Morgan fingerprint density at radius 3 is 2.86 bits per heavy atom. The van der Waals surface area contributed by atoms with E-state index in [2.05, 4.69) is 27.8 Å². The number of aromatic nitrogens is 4. The van der Waals surface area contributed by atoms with Gasteiger partial charge >= 0.3 is 0 Å². The largest absolute Gasteiger partial charge is 0.492 e. The SMILES string of the molecule is CCOc1ccccc1-n1nnnc1SC(C)C(=O)NC(C)C1CC2CCC1C2. The van der Waals surface area contributed by atoms with E-state index < -0.39 is 0 Å². The van der Waals surface area contributed by atoms with Crippen LogP contribution in [0, 0.1) is 17.8 Å². The zero-order valence-electron chi connectivity index (χ0n) is 17.2. The number of thioether (sulfide) groups is 1. The van der Waals surface area contributed by atoms with Gasteiger partial charge in [0.25, 0.3) is 0 Å². The highest BCUT2D eigenvalue weighted by atomic mass is 32.2. The highest BCUT2D eigenvalue weighted by molar-refractivity contribution is 8.00. The Bertz CT molecular complexity index is 857. The van der Waals surface area contributed by atoms with Crippen LogP contribution < -0.4 is 10.1 Å². The van der Waals surface area contributed by atoms with Gasteiger partial charge in [0.2, 0.25) is 11.1 Å². The van der Waals surface area contributed by atoms with Crippen LogP contribution in [0.15, 0.2) is 29.4 Å². The number of benzene rings is 1. The van der Waals surface area contributed by atoms with E-state index in [1.807, 2.05) is 38.1 Å². The zero-order chi connectivity index (χ0) is 20.4. The Hall–Kier alpha value is -2.09. The van der Waals surface area contributed by atoms with Gasteiger partial charge in [0.05, 0.1) is 11.9 Å². The number of carbonyl (C=O) groups is 1. The van der Waals surface area contributed by atoms with Gasteiger partial charge in [-0.25, -0.2) is 0 Å². The fourth-order valence-corrected chi connectivity index (χ4v) is 5.69. The summed E-state index contributed by atoms with van der Waals surface area (Å²) in [5.41, 5.74) is 0.768. The highest BCUT2D eigenvalue weighted by Crippen LogP contribution is 2.49. The first-order valence-electron chi connectivity index (χ1n) is 10.5. The quantitative estimate of drug-likeness (QED) is 0.665. The van der Waals surface area contributed by atoms with Gasteiger partial charge in [0, 0.05) is 6.04 Å². The lowest BCUT2D eigenvalue weighted by atomic mass is 9.84. The number of hydrogen-bond donors (Lipinski definition) is 1. The van der Waals surface area contributed by atoms with Crippen LogP contribution in [0.1, 0.15) is 46.5 Å². The topological polar surface area (TPSA) is 81.9 Å². The third-order valence-electron chi connectivity index (χ3n) is 6.29. The summed E-state index contributed by atoms with van der Waals surface area (Å²) in [5.74, 6) is 3.05. The molecule has 1 amide bonds. The van der Waals surface area contributed by atoms with Gasteiger partial charge < -0.3 is 10.1 Å². The number of nitrogens with zero attached hydrogens (tertiary/aromatic N) is 4. The van der Waals surface area contributed by atoms with Crippen molar-refractivity contribution < 1.29 is 9.53 Å². The lowest BCUT2D eigenvalue weighted by molar-refractivity contribution is -0.121. The van der Waals surface area contributed by atoms with Crippen molar-refractivity contribution >= 4 is 17.7 Å². The van der Waals surface area contributed by atoms with Crippen molar-refractivity contribution in [2.24, 2.45) is 17.8 Å². The Kier molecular flexibility index (Phi) is 6.08. The van der Waals surface area contributed by atoms with E-state index in [0.717, 1.165) is 17.5 Å². The second-order valence-corrected chi connectivity index (χ2v) is 9.48. The monoisotopic (exact) mass is 415 g/mol. The summed E-state index contributed by atoms with van der Waals surface area (Å²) < 4.78 is 7.33. The van der Waals surface area contributed by atoms with Gasteiger partial charge in [-0.15, -0.1) is 5.10 Å². The molecule has 2 aliphatic rings. The Morgan fingerprint density at radius 2 is 2.14 bits per heavy atom. The van der Waals surface area contributed by atoms with E-state index in [4.69, 9.17) is 4.74 Å². The molecule has 1 N–H and O–H groups in total. The van der Waals surface area contributed by atoms with E-state index in [-0.39, 0.29) is 17.2 Å². The number of ether oxygens (including phenoxy) is 1. The fourth-order valence-electron chi connectivity index (χ4n) is 4.88. The standard InChI is InChI=1S/C21H29N5O2S/c1-4-28-19-8-6-5-7-18(19)26-21(23-24-25-26)29-14(3)20(27)22-13(2)17-12-15-9-10-16(17)11-15/h5-8,13-17H,4,9-12H2,1-3H3,(H,22,27). The molecular formula is C21H29N5O2S. The second kappa shape index (κ2) is 8.73. The predicted molar refractivity (Wildman–Crippen MR) is 112 cm³/mol. The Morgan fingerprint density at radius 1 is 1.31 bits per heavy atom. The van der Waals surface area contributed by atoms with Crippen LogP contribution in [0.4, 0.5) is 0 Å². The average molecular weight is 416 g/mol. The van der Waals surface area contributed by atoms with Crippen LogP contribution in [0.2, 0.25) is 0 Å². The number of fused-ring (bicyclic) bond motifs is 2. The average Bonchev–Trinajstić information content (AvgIpc) is 3.45. The minimum absolute atomic E-state index is 0.0397. The van der Waals surface area contributed by atoms with Crippen molar-refractivity contribution in [1.29, 1.82) is 0 Å². The number of hydrogen-bond acceptors (Lipinski definition) is 6. The summed E-state index contributed by atoms with van der Waals surface area (Å²) in [6.07, 6.45) is 5.32. The van der Waals surface area contributed by atoms with Gasteiger partial charge in [-0.2, -0.15) is 4.68 Å². The minimum atomic E-state index is -0.292. The third kappa shape index (κ3) is 4.27. The van der Waals surface area contributed by atoms with Crippen LogP contribution in [0.3, 0.4) is 0 Å². The van der Waals surface area contributed by atoms with Crippen LogP contribution in [-0.2, 0) is 4.79 Å². The molecule has 4 rings (SSSR count). The van der Waals surface area contributed by atoms with E-state index in [1.165, 1.54) is 37.4 Å². The van der Waals surface area contributed by atoms with Gasteiger partial charge in [-0.05, 0) is 80.3 Å². The maximum Gasteiger partial charge on any atom is 0.233 e. The number of rotatable bonds is 8. The first-order valence-corrected chi connectivity index (χ1v) is 11.4. The number of para-hydroxylation sites is 2. The molecule has 156 valence electrons. The lowest BCUT2D eigenvalue weighted by Gasteiger charge is -2.29. The molecule has 0 aliphatic heterocycles. The van der Waals surface area contributed by atoms with Gasteiger partial charge in [-0.1, -0.05) is 30.3 Å². The maximum atomic E-state index is 12.8. The molecule has 1 aromatic heterocycles. The summed E-state index contributed by atoms with van der Waals surface area (Å²) in [4.78, 5) is 12.8. The molecule has 8 heteroatoms. The first kappa shape index (κ1) is 20.2. The molecule has 1 aromatic carbocycles. The van der Waals surface area contributed by atoms with Crippen molar-refractivity contribution in [1.82, 2.24) is 25.5 Å². The van der Waals surface area contributed by atoms with Crippen molar-refractivity contribution in [2.45, 2.75) is 62.9 Å². The number of tetrazole rings is 1. The van der Waals surface area contributed by atoms with E-state index >= 15 is 0 Å². The smallest absolute Gasteiger partial charge is 0.233 e. The lowest BCUT2D eigenvalue weighted by Crippen LogP contribution is -2.43. The maximum absolute atomic E-state index is 12.8.